The van der Waals surface area contributed by atoms with E-state index in [2.05, 4.69) is 5.32 Å². The molecule has 1 aliphatic rings. The number of furan rings is 1. The van der Waals surface area contributed by atoms with Gasteiger partial charge in [-0.1, -0.05) is 18.2 Å². The van der Waals surface area contributed by atoms with Crippen LogP contribution in [0.4, 0.5) is 10.1 Å². The lowest BCUT2D eigenvalue weighted by atomic mass is 10.2. The highest BCUT2D eigenvalue weighted by Gasteiger charge is 2.32. The number of carbonyl (C=O) groups is 1. The number of rotatable bonds is 5. The fraction of sp³-hybridized carbons (Fsp3) is 0.0476. The van der Waals surface area contributed by atoms with Crippen molar-refractivity contribution in [1.82, 2.24) is 5.32 Å². The van der Waals surface area contributed by atoms with Crippen LogP contribution >= 0.6 is 12.2 Å². The van der Waals surface area contributed by atoms with E-state index in [0.29, 0.717) is 17.2 Å². The van der Waals surface area contributed by atoms with Crippen molar-refractivity contribution in [1.29, 1.82) is 0 Å². The topological polar surface area (TPSA) is 54.7 Å². The van der Waals surface area contributed by atoms with Gasteiger partial charge in [0.2, 0.25) is 0 Å². The Kier molecular flexibility index (Phi) is 4.90. The van der Waals surface area contributed by atoms with Gasteiger partial charge in [-0.3, -0.25) is 9.69 Å². The second kappa shape index (κ2) is 7.66. The lowest BCUT2D eigenvalue weighted by Crippen LogP contribution is -2.30. The molecule has 0 aliphatic carbocycles. The van der Waals surface area contributed by atoms with Gasteiger partial charge in [0, 0.05) is 6.08 Å². The summed E-state index contributed by atoms with van der Waals surface area (Å²) in [6.07, 6.45) is 1.57. The summed E-state index contributed by atoms with van der Waals surface area (Å²) in [6, 6.07) is 18.5. The lowest BCUT2D eigenvalue weighted by Gasteiger charge is -2.13. The minimum Gasteiger partial charge on any atom is -0.486 e. The van der Waals surface area contributed by atoms with E-state index in [0.717, 1.165) is 5.75 Å². The lowest BCUT2D eigenvalue weighted by molar-refractivity contribution is -0.113. The van der Waals surface area contributed by atoms with Crippen LogP contribution < -0.4 is 15.0 Å². The van der Waals surface area contributed by atoms with Gasteiger partial charge in [0.15, 0.2) is 5.11 Å². The quantitative estimate of drug-likeness (QED) is 0.518. The zero-order chi connectivity index (χ0) is 19.5. The molecule has 4 rings (SSSR count). The highest BCUT2D eigenvalue weighted by Crippen LogP contribution is 2.23. The van der Waals surface area contributed by atoms with Gasteiger partial charge >= 0.3 is 0 Å². The molecule has 1 aromatic heterocycles. The van der Waals surface area contributed by atoms with Crippen LogP contribution in [0, 0.1) is 5.82 Å². The number of carbonyl (C=O) groups excluding carboxylic acids is 1. The number of nitrogens with zero attached hydrogens (tertiary/aromatic N) is 1. The molecular weight excluding hydrogens is 379 g/mol. The molecule has 1 fully saturated rings. The number of hydrogen-bond donors (Lipinski definition) is 1. The standard InChI is InChI=1S/C21H15FN2O3S/c22-14-6-8-15(9-7-14)24-20(25)19(23-21(24)28)12-17-10-11-18(27-17)13-26-16-4-2-1-3-5-16/h1-12H,13H2,(H,23,28)/b19-12+. The zero-order valence-corrected chi connectivity index (χ0v) is 15.4. The summed E-state index contributed by atoms with van der Waals surface area (Å²) in [5.74, 6) is 1.14. The summed E-state index contributed by atoms with van der Waals surface area (Å²) in [5.41, 5.74) is 0.767. The second-order valence-electron chi connectivity index (χ2n) is 6.01. The van der Waals surface area contributed by atoms with E-state index in [1.165, 1.54) is 29.2 Å². The first-order chi connectivity index (χ1) is 13.6. The molecule has 28 heavy (non-hydrogen) atoms. The minimum atomic E-state index is -0.383. The Balaban J connectivity index is 1.47. The molecule has 1 aliphatic heterocycles. The Morgan fingerprint density at radius 2 is 1.82 bits per heavy atom. The van der Waals surface area contributed by atoms with E-state index in [-0.39, 0.29) is 29.1 Å². The molecule has 5 nitrogen and oxygen atoms in total. The van der Waals surface area contributed by atoms with E-state index in [1.807, 2.05) is 30.3 Å². The number of ether oxygens (including phenoxy) is 1. The maximum Gasteiger partial charge on any atom is 0.281 e. The smallest absolute Gasteiger partial charge is 0.281 e. The molecule has 2 heterocycles. The van der Waals surface area contributed by atoms with Gasteiger partial charge in [0.25, 0.3) is 5.91 Å². The van der Waals surface area contributed by atoms with Crippen molar-refractivity contribution in [2.45, 2.75) is 6.61 Å². The highest BCUT2D eigenvalue weighted by atomic mass is 32.1. The number of thiocarbonyl (C=S) groups is 1. The first kappa shape index (κ1) is 17.9. The maximum absolute atomic E-state index is 13.1. The molecule has 0 atom stereocenters. The third-order valence-electron chi connectivity index (χ3n) is 4.06. The Bertz CT molecular complexity index is 1050. The number of para-hydroxylation sites is 1. The number of halogens is 1. The normalized spacial score (nSPS) is 15.2. The highest BCUT2D eigenvalue weighted by molar-refractivity contribution is 7.80. The molecular formula is C21H15FN2O3S. The van der Waals surface area contributed by atoms with Crippen molar-refractivity contribution >= 4 is 35.0 Å². The van der Waals surface area contributed by atoms with Crippen LogP contribution in [0.5, 0.6) is 5.75 Å². The van der Waals surface area contributed by atoms with Gasteiger partial charge in [-0.15, -0.1) is 0 Å². The van der Waals surface area contributed by atoms with Gasteiger partial charge in [-0.2, -0.15) is 0 Å². The van der Waals surface area contributed by atoms with Gasteiger partial charge in [-0.25, -0.2) is 4.39 Å². The average Bonchev–Trinajstić information content (AvgIpc) is 3.26. The van der Waals surface area contributed by atoms with Crippen LogP contribution in [0.1, 0.15) is 11.5 Å². The molecule has 0 radical (unpaired) electrons. The molecule has 140 valence electrons. The van der Waals surface area contributed by atoms with Crippen molar-refractivity contribution in [2.24, 2.45) is 0 Å². The Hall–Kier alpha value is -3.45. The van der Waals surface area contributed by atoms with Crippen molar-refractivity contribution in [3.8, 4) is 5.75 Å². The molecule has 1 amide bonds. The van der Waals surface area contributed by atoms with Crippen LogP contribution in [0.25, 0.3) is 6.08 Å². The molecule has 0 saturated carbocycles. The Morgan fingerprint density at radius 3 is 2.57 bits per heavy atom. The molecule has 0 unspecified atom stereocenters. The number of amides is 1. The van der Waals surface area contributed by atoms with Crippen molar-refractivity contribution in [3.05, 3.63) is 89.8 Å². The van der Waals surface area contributed by atoms with Crippen LogP contribution in [0.2, 0.25) is 0 Å². The predicted molar refractivity (Wildman–Crippen MR) is 107 cm³/mol. The fourth-order valence-electron chi connectivity index (χ4n) is 2.72. The summed E-state index contributed by atoms with van der Waals surface area (Å²) < 4.78 is 24.5. The Morgan fingerprint density at radius 1 is 1.07 bits per heavy atom. The molecule has 0 bridgehead atoms. The summed E-state index contributed by atoms with van der Waals surface area (Å²) in [6.45, 7) is 0.272. The molecule has 1 N–H and O–H groups in total. The fourth-order valence-corrected chi connectivity index (χ4v) is 3.02. The monoisotopic (exact) mass is 394 g/mol. The first-order valence-electron chi connectivity index (χ1n) is 8.49. The van der Waals surface area contributed by atoms with E-state index < -0.39 is 0 Å². The van der Waals surface area contributed by atoms with Gasteiger partial charge in [0.05, 0.1) is 5.69 Å². The summed E-state index contributed by atoms with van der Waals surface area (Å²) in [4.78, 5) is 14.0. The van der Waals surface area contributed by atoms with E-state index in [4.69, 9.17) is 21.4 Å². The maximum atomic E-state index is 13.1. The SMILES string of the molecule is O=C1/C(=C\c2ccc(COc3ccccc3)o2)NC(=S)N1c1ccc(F)cc1. The van der Waals surface area contributed by atoms with Crippen LogP contribution in [-0.2, 0) is 11.4 Å². The minimum absolute atomic E-state index is 0.224. The predicted octanol–water partition coefficient (Wildman–Crippen LogP) is 4.26. The van der Waals surface area contributed by atoms with Crippen molar-refractivity contribution in [2.75, 3.05) is 4.90 Å². The number of anilines is 1. The van der Waals surface area contributed by atoms with Crippen LogP contribution in [0.15, 0.2) is 76.8 Å². The summed E-state index contributed by atoms with van der Waals surface area (Å²) in [5, 5.41) is 3.09. The van der Waals surface area contributed by atoms with E-state index in [9.17, 15) is 9.18 Å². The van der Waals surface area contributed by atoms with Gasteiger partial charge in [0.1, 0.15) is 35.4 Å². The summed E-state index contributed by atoms with van der Waals surface area (Å²) in [7, 11) is 0. The molecule has 7 heteroatoms. The van der Waals surface area contributed by atoms with E-state index >= 15 is 0 Å². The van der Waals surface area contributed by atoms with Crippen LogP contribution in [-0.4, -0.2) is 11.0 Å². The largest absolute Gasteiger partial charge is 0.486 e. The third kappa shape index (κ3) is 3.79. The molecule has 2 aromatic carbocycles. The van der Waals surface area contributed by atoms with Crippen LogP contribution in [0.3, 0.4) is 0 Å². The van der Waals surface area contributed by atoms with Gasteiger partial charge < -0.3 is 14.5 Å². The van der Waals surface area contributed by atoms with E-state index in [1.54, 1.807) is 18.2 Å². The zero-order valence-electron chi connectivity index (χ0n) is 14.6. The number of benzene rings is 2. The molecule has 3 aromatic rings. The summed E-state index contributed by atoms with van der Waals surface area (Å²) >= 11 is 5.24. The number of nitrogens with one attached hydrogen (secondary N) is 1. The van der Waals surface area contributed by atoms with Crippen molar-refractivity contribution in [3.63, 3.8) is 0 Å². The second-order valence-corrected chi connectivity index (χ2v) is 6.40. The third-order valence-corrected chi connectivity index (χ3v) is 4.34. The Labute approximate surface area is 166 Å². The molecule has 0 spiro atoms. The van der Waals surface area contributed by atoms with Crippen molar-refractivity contribution < 1.29 is 18.3 Å². The first-order valence-corrected chi connectivity index (χ1v) is 8.90. The number of hydrogen-bond acceptors (Lipinski definition) is 4. The average molecular weight is 394 g/mol. The van der Waals surface area contributed by atoms with Gasteiger partial charge in [-0.05, 0) is 60.7 Å². The molecule has 1 saturated heterocycles.